The number of ether oxygens (including phenoxy) is 10. The predicted octanol–water partition coefficient (Wildman–Crippen LogP) is 4.27. The third-order valence-electron chi connectivity index (χ3n) is 15.4. The molecule has 2 aromatic carbocycles. The maximum Gasteiger partial charge on any atom is 0.339 e. The number of esters is 4. The number of hydrogen-bond acceptors (Lipinski definition) is 18. The average molecular weight is 959 g/mol. The van der Waals surface area contributed by atoms with Crippen molar-refractivity contribution in [3.8, 4) is 23.0 Å². The van der Waals surface area contributed by atoms with Crippen LogP contribution in [0.2, 0.25) is 0 Å². The Bertz CT molecular complexity index is 2440. The number of benzene rings is 2. The number of methoxy groups -OCH3 is 4. The molecular weight excluding hydrogens is 897 g/mol. The lowest BCUT2D eigenvalue weighted by Crippen LogP contribution is -2.52. The Kier molecular flexibility index (Phi) is 13.4. The fourth-order valence-corrected chi connectivity index (χ4v) is 12.1. The molecule has 8 atom stereocenters. The molecule has 69 heavy (non-hydrogen) atoms. The summed E-state index contributed by atoms with van der Waals surface area (Å²) in [6.07, 6.45) is 8.62. The maximum absolute atomic E-state index is 14.5. The minimum Gasteiger partial charge on any atom is -0.505 e. The molecule has 2 fully saturated rings. The van der Waals surface area contributed by atoms with Gasteiger partial charge in [-0.15, -0.1) is 0 Å². The molecule has 0 aromatic heterocycles. The normalized spacial score (nSPS) is 27.6. The Hall–Kier alpha value is -5.82. The first kappa shape index (κ1) is 48.2. The summed E-state index contributed by atoms with van der Waals surface area (Å²) in [6.45, 7) is 5.02. The fraction of sp³-hybridized carbons (Fsp3) is 0.569. The van der Waals surface area contributed by atoms with Gasteiger partial charge in [0.2, 0.25) is 13.6 Å². The van der Waals surface area contributed by atoms with Gasteiger partial charge in [0, 0.05) is 31.8 Å². The Morgan fingerprint density at radius 1 is 0.754 bits per heavy atom. The minimum absolute atomic E-state index is 0.0826. The summed E-state index contributed by atoms with van der Waals surface area (Å²) >= 11 is 0. The summed E-state index contributed by atoms with van der Waals surface area (Å²) in [6, 6.07) is 7.82. The van der Waals surface area contributed by atoms with E-state index >= 15 is 0 Å². The van der Waals surface area contributed by atoms with Crippen LogP contribution < -0.4 is 18.9 Å². The van der Waals surface area contributed by atoms with E-state index in [1.807, 2.05) is 36.4 Å². The highest BCUT2D eigenvalue weighted by atomic mass is 16.7. The molecular formula is C51H62N2O16. The second-order valence-electron chi connectivity index (χ2n) is 19.1. The monoisotopic (exact) mass is 958 g/mol. The Balaban J connectivity index is 0.973. The molecule has 372 valence electrons. The van der Waals surface area contributed by atoms with Crippen molar-refractivity contribution in [3.05, 3.63) is 82.8 Å². The predicted molar refractivity (Wildman–Crippen MR) is 243 cm³/mol. The number of hydrogen-bond donors (Lipinski definition) is 2. The van der Waals surface area contributed by atoms with Crippen molar-refractivity contribution in [1.29, 1.82) is 0 Å². The van der Waals surface area contributed by atoms with Crippen LogP contribution in [-0.4, -0.2) is 147 Å². The van der Waals surface area contributed by atoms with E-state index in [2.05, 4.69) is 9.80 Å². The molecule has 0 unspecified atom stereocenters. The first-order chi connectivity index (χ1) is 33.2. The van der Waals surface area contributed by atoms with Crippen LogP contribution in [0.4, 0.5) is 0 Å². The summed E-state index contributed by atoms with van der Waals surface area (Å²) in [4.78, 5) is 59.5. The van der Waals surface area contributed by atoms with Gasteiger partial charge in [-0.25, -0.2) is 9.59 Å². The lowest BCUT2D eigenvalue weighted by molar-refractivity contribution is -0.177. The van der Waals surface area contributed by atoms with Gasteiger partial charge in [0.1, 0.15) is 11.9 Å². The number of fused-ring (bicyclic) bond motifs is 6. The zero-order valence-electron chi connectivity index (χ0n) is 39.8. The van der Waals surface area contributed by atoms with E-state index in [1.54, 1.807) is 20.3 Å². The topological polar surface area (TPSA) is 208 Å². The van der Waals surface area contributed by atoms with Crippen LogP contribution >= 0.6 is 0 Å². The van der Waals surface area contributed by atoms with Crippen molar-refractivity contribution < 1.29 is 76.8 Å². The number of aliphatic hydroxyl groups is 2. The van der Waals surface area contributed by atoms with Crippen LogP contribution in [0.5, 0.6) is 23.0 Å². The lowest BCUT2D eigenvalue weighted by Gasteiger charge is -2.44. The number of carbonyl (C=O) groups excluding carboxylic acids is 4. The average Bonchev–Trinajstić information content (AvgIpc) is 4.18. The lowest BCUT2D eigenvalue weighted by atomic mass is 9.73. The molecule has 1 aliphatic carbocycles. The van der Waals surface area contributed by atoms with Crippen molar-refractivity contribution in [2.45, 2.75) is 117 Å². The zero-order chi connectivity index (χ0) is 48.7. The number of carbonyl (C=O) groups is 4. The molecule has 7 aliphatic rings. The fourth-order valence-electron chi connectivity index (χ4n) is 12.1. The van der Waals surface area contributed by atoms with Gasteiger partial charge in [-0.2, -0.15) is 0 Å². The van der Waals surface area contributed by atoms with Gasteiger partial charge in [-0.3, -0.25) is 19.4 Å². The van der Waals surface area contributed by atoms with Gasteiger partial charge in [0.15, 0.2) is 40.3 Å². The summed E-state index contributed by atoms with van der Waals surface area (Å²) in [5.74, 6) is -2.06. The third-order valence-corrected chi connectivity index (χ3v) is 15.4. The van der Waals surface area contributed by atoms with Gasteiger partial charge in [0.05, 0.1) is 64.5 Å². The van der Waals surface area contributed by atoms with E-state index in [1.165, 1.54) is 19.3 Å². The molecule has 18 heteroatoms. The smallest absolute Gasteiger partial charge is 0.339 e. The Labute approximate surface area is 401 Å². The summed E-state index contributed by atoms with van der Waals surface area (Å²) in [5, 5.41) is 24.3. The number of rotatable bonds is 16. The van der Waals surface area contributed by atoms with Crippen molar-refractivity contribution >= 4 is 23.9 Å². The van der Waals surface area contributed by atoms with Crippen LogP contribution in [0.15, 0.2) is 60.6 Å². The van der Waals surface area contributed by atoms with Gasteiger partial charge < -0.3 is 57.6 Å². The highest BCUT2D eigenvalue weighted by Gasteiger charge is 2.59. The highest BCUT2D eigenvalue weighted by molar-refractivity contribution is 5.87. The van der Waals surface area contributed by atoms with Gasteiger partial charge >= 0.3 is 23.9 Å². The van der Waals surface area contributed by atoms with Gasteiger partial charge in [-0.1, -0.05) is 12.2 Å². The number of nitrogens with zero attached hydrogens (tertiary/aromatic N) is 2. The summed E-state index contributed by atoms with van der Waals surface area (Å²) in [5.41, 5.74) is -2.33. The van der Waals surface area contributed by atoms with Crippen molar-refractivity contribution in [3.63, 3.8) is 0 Å². The first-order valence-electron chi connectivity index (χ1n) is 23.7. The van der Waals surface area contributed by atoms with Crippen LogP contribution in [0.3, 0.4) is 0 Å². The van der Waals surface area contributed by atoms with E-state index in [9.17, 15) is 29.4 Å². The molecule has 6 heterocycles. The minimum atomic E-state index is -2.48. The van der Waals surface area contributed by atoms with Crippen LogP contribution in [0, 0.1) is 0 Å². The standard InChI is InChI=1S/C51H62N2O16/c1-31(43-34-24-38-36(64-29-66-38)22-32(34)10-19-52-17-8-12-48(43,52)16-21-60-2)68-46(56)50(58,27-41(54)62-4)14-6-7-15-51(59,28-42(55)63-5)47(57)69-45-40(61-3)26-49-13-9-18-53(49)20-11-33-23-37-39(67-30-65-37)25-35(33)44(45)49/h6-7,16,21-26,31,43-45,58-59H,8-15,17-20,27-30H2,1-5H3/b7-6+,21-16+/t31-,43+,44-,45-,48+,49+,50-,51-/m1/s1. The molecule has 1 spiro atoms. The molecule has 0 saturated carbocycles. The largest absolute Gasteiger partial charge is 0.505 e. The van der Waals surface area contributed by atoms with E-state index < -0.39 is 95.9 Å². The van der Waals surface area contributed by atoms with E-state index in [4.69, 9.17) is 47.4 Å². The molecule has 0 radical (unpaired) electrons. The van der Waals surface area contributed by atoms with Crippen molar-refractivity contribution in [2.75, 3.05) is 68.2 Å². The second kappa shape index (κ2) is 19.2. The summed E-state index contributed by atoms with van der Waals surface area (Å²) in [7, 11) is 5.35. The highest BCUT2D eigenvalue weighted by Crippen LogP contribution is 2.56. The van der Waals surface area contributed by atoms with E-state index in [0.29, 0.717) is 35.2 Å². The Morgan fingerprint density at radius 2 is 1.30 bits per heavy atom. The zero-order valence-corrected chi connectivity index (χ0v) is 39.8. The maximum atomic E-state index is 14.5. The van der Waals surface area contributed by atoms with Crippen LogP contribution in [0.1, 0.15) is 92.4 Å². The first-order valence-corrected chi connectivity index (χ1v) is 23.7. The van der Waals surface area contributed by atoms with Crippen LogP contribution in [-0.2, 0) is 60.4 Å². The summed E-state index contributed by atoms with van der Waals surface area (Å²) < 4.78 is 56.8. The van der Waals surface area contributed by atoms with Crippen molar-refractivity contribution in [2.24, 2.45) is 0 Å². The van der Waals surface area contributed by atoms with E-state index in [0.717, 1.165) is 94.8 Å². The molecule has 2 saturated heterocycles. The molecule has 2 aromatic rings. The van der Waals surface area contributed by atoms with Crippen LogP contribution in [0.25, 0.3) is 0 Å². The molecule has 2 N–H and O–H groups in total. The van der Waals surface area contributed by atoms with Gasteiger partial charge in [0.25, 0.3) is 0 Å². The van der Waals surface area contributed by atoms with Crippen molar-refractivity contribution in [1.82, 2.24) is 9.80 Å². The molecule has 9 rings (SSSR count). The van der Waals surface area contributed by atoms with E-state index in [-0.39, 0.29) is 13.6 Å². The molecule has 18 nitrogen and oxygen atoms in total. The molecule has 0 bridgehead atoms. The third kappa shape index (κ3) is 8.67. The SMILES string of the molecule is CO/C=C/[C@]12CCCN1CCc1cc3c(cc1[C@@H]2[C@@H](C)OC(=O)[C@@](O)(C/C=C/C[C@@](O)(CC(=O)OC)C(=O)O[C@@H]1C(OC)=C[C@]24CCCN2CCc2cc5c(cc2[C@H]14)OCO5)CC(=O)OC)OCO3. The second-order valence-corrected chi connectivity index (χ2v) is 19.1. The Morgan fingerprint density at radius 3 is 1.91 bits per heavy atom. The quantitative estimate of drug-likeness (QED) is 0.104. The molecule has 0 amide bonds. The van der Waals surface area contributed by atoms with Gasteiger partial charge in [-0.05, 0) is 117 Å². The molecule has 6 aliphatic heterocycles.